The second kappa shape index (κ2) is 7.56. The fourth-order valence-corrected chi connectivity index (χ4v) is 0.972. The van der Waals surface area contributed by atoms with Gasteiger partial charge in [-0.25, -0.2) is 9.59 Å². The first-order valence-corrected chi connectivity index (χ1v) is 5.03. The van der Waals surface area contributed by atoms with E-state index in [2.05, 4.69) is 9.98 Å². The zero-order valence-corrected chi connectivity index (χ0v) is 9.33. The van der Waals surface area contributed by atoms with E-state index in [1.165, 1.54) is 12.4 Å². The molecule has 0 rings (SSSR count). The van der Waals surface area contributed by atoms with E-state index in [0.29, 0.717) is 12.8 Å². The van der Waals surface area contributed by atoms with Crippen molar-refractivity contribution in [3.63, 3.8) is 0 Å². The van der Waals surface area contributed by atoms with E-state index in [9.17, 15) is 9.59 Å². The fraction of sp³-hybridized carbons (Fsp3) is 0.600. The molecule has 90 valence electrons. The Morgan fingerprint density at radius 1 is 1.00 bits per heavy atom. The Morgan fingerprint density at radius 3 is 1.50 bits per heavy atom. The van der Waals surface area contributed by atoms with Crippen molar-refractivity contribution in [2.24, 2.45) is 9.98 Å². The molecule has 6 heteroatoms. The minimum absolute atomic E-state index is 0.385. The van der Waals surface area contributed by atoms with Gasteiger partial charge in [0.25, 0.3) is 0 Å². The zero-order valence-electron chi connectivity index (χ0n) is 9.33. The molecular weight excluding hydrogens is 212 g/mol. The van der Waals surface area contributed by atoms with Crippen molar-refractivity contribution in [3.05, 3.63) is 0 Å². The molecular formula is C10H16N2O4. The molecule has 2 N–H and O–H groups in total. The second-order valence-corrected chi connectivity index (χ2v) is 3.12. The highest BCUT2D eigenvalue weighted by atomic mass is 16.4. The molecule has 2 unspecified atom stereocenters. The molecule has 0 aliphatic rings. The predicted octanol–water partition coefficient (Wildman–Crippen LogP) is 0.854. The highest BCUT2D eigenvalue weighted by molar-refractivity contribution is 6.16. The molecule has 0 fully saturated rings. The van der Waals surface area contributed by atoms with Gasteiger partial charge >= 0.3 is 11.9 Å². The van der Waals surface area contributed by atoms with Crippen molar-refractivity contribution >= 4 is 24.4 Å². The van der Waals surface area contributed by atoms with Crippen LogP contribution in [-0.2, 0) is 9.59 Å². The lowest BCUT2D eigenvalue weighted by Crippen LogP contribution is -2.18. The summed E-state index contributed by atoms with van der Waals surface area (Å²) in [5.74, 6) is -2.00. The first-order valence-electron chi connectivity index (χ1n) is 5.03. The first kappa shape index (κ1) is 14.3. The monoisotopic (exact) mass is 228 g/mol. The highest BCUT2D eigenvalue weighted by Gasteiger charge is 2.12. The molecule has 0 aromatic heterocycles. The van der Waals surface area contributed by atoms with Crippen molar-refractivity contribution in [1.29, 1.82) is 0 Å². The summed E-state index contributed by atoms with van der Waals surface area (Å²) in [6.45, 7) is 3.42. The maximum atomic E-state index is 10.6. The average Bonchev–Trinajstić information content (AvgIpc) is 2.22. The van der Waals surface area contributed by atoms with E-state index < -0.39 is 24.0 Å². The Morgan fingerprint density at radius 2 is 1.31 bits per heavy atom. The molecule has 2 atom stereocenters. The molecule has 0 spiro atoms. The van der Waals surface area contributed by atoms with Gasteiger partial charge in [-0.2, -0.15) is 0 Å². The molecule has 0 aromatic carbocycles. The third kappa shape index (κ3) is 5.23. The number of carboxylic acids is 2. The molecule has 16 heavy (non-hydrogen) atoms. The summed E-state index contributed by atoms with van der Waals surface area (Å²) in [5, 5.41) is 17.3. The smallest absolute Gasteiger partial charge is 0.328 e. The van der Waals surface area contributed by atoms with Crippen LogP contribution in [0.4, 0.5) is 0 Å². The number of aliphatic carboxylic acids is 2. The Labute approximate surface area is 93.7 Å². The van der Waals surface area contributed by atoms with Crippen LogP contribution in [-0.4, -0.2) is 46.7 Å². The summed E-state index contributed by atoms with van der Waals surface area (Å²) in [5.41, 5.74) is 0. The van der Waals surface area contributed by atoms with Gasteiger partial charge in [0, 0.05) is 12.4 Å². The van der Waals surface area contributed by atoms with Crippen LogP contribution in [0, 0.1) is 0 Å². The van der Waals surface area contributed by atoms with E-state index in [0.717, 1.165) is 0 Å². The lowest BCUT2D eigenvalue weighted by Gasteiger charge is -2.02. The molecule has 0 heterocycles. The maximum Gasteiger partial charge on any atom is 0.328 e. The van der Waals surface area contributed by atoms with Crippen LogP contribution in [0.5, 0.6) is 0 Å². The lowest BCUT2D eigenvalue weighted by atomic mass is 10.2. The van der Waals surface area contributed by atoms with Crippen LogP contribution >= 0.6 is 0 Å². The standard InChI is InChI=1S/C10H16N2O4/c1-3-7(9(13)14)11-5-6-12-8(4-2)10(15)16/h5-8H,3-4H2,1-2H3,(H,13,14)(H,15,16). The summed E-state index contributed by atoms with van der Waals surface area (Å²) < 4.78 is 0. The summed E-state index contributed by atoms with van der Waals surface area (Å²) >= 11 is 0. The topological polar surface area (TPSA) is 99.3 Å². The maximum absolute atomic E-state index is 10.6. The Hall–Kier alpha value is -1.72. The summed E-state index contributed by atoms with van der Waals surface area (Å²) in [6.07, 6.45) is 3.23. The van der Waals surface area contributed by atoms with Crippen LogP contribution in [0.1, 0.15) is 26.7 Å². The third-order valence-corrected chi connectivity index (χ3v) is 1.94. The molecule has 0 amide bonds. The quantitative estimate of drug-likeness (QED) is 0.631. The molecule has 0 saturated carbocycles. The average molecular weight is 228 g/mol. The minimum atomic E-state index is -1.00. The fourth-order valence-electron chi connectivity index (χ4n) is 0.972. The summed E-state index contributed by atoms with van der Waals surface area (Å²) in [4.78, 5) is 28.6. The Kier molecular flexibility index (Phi) is 6.74. The van der Waals surface area contributed by atoms with Gasteiger partial charge in [-0.3, -0.25) is 9.98 Å². The molecule has 0 aliphatic heterocycles. The molecule has 0 aromatic rings. The number of carboxylic acid groups (broad SMARTS) is 2. The van der Waals surface area contributed by atoms with Crippen LogP contribution in [0.25, 0.3) is 0 Å². The largest absolute Gasteiger partial charge is 0.480 e. The van der Waals surface area contributed by atoms with Crippen LogP contribution < -0.4 is 0 Å². The van der Waals surface area contributed by atoms with E-state index in [4.69, 9.17) is 10.2 Å². The number of rotatable bonds is 7. The Bertz CT molecular complexity index is 269. The highest BCUT2D eigenvalue weighted by Crippen LogP contribution is 1.97. The van der Waals surface area contributed by atoms with E-state index in [-0.39, 0.29) is 0 Å². The van der Waals surface area contributed by atoms with E-state index >= 15 is 0 Å². The molecule has 0 saturated heterocycles. The van der Waals surface area contributed by atoms with Crippen molar-refractivity contribution < 1.29 is 19.8 Å². The minimum Gasteiger partial charge on any atom is -0.480 e. The molecule has 0 bridgehead atoms. The SMILES string of the molecule is CCC(N=CC=NC(CC)C(=O)O)C(=O)O. The van der Waals surface area contributed by atoms with Gasteiger partial charge < -0.3 is 10.2 Å². The second-order valence-electron chi connectivity index (χ2n) is 3.12. The van der Waals surface area contributed by atoms with Gasteiger partial charge in [0.15, 0.2) is 0 Å². The normalized spacial score (nSPS) is 15.4. The summed E-state index contributed by atoms with van der Waals surface area (Å²) in [7, 11) is 0. The van der Waals surface area contributed by atoms with Crippen molar-refractivity contribution in [1.82, 2.24) is 0 Å². The third-order valence-electron chi connectivity index (χ3n) is 1.94. The van der Waals surface area contributed by atoms with Crippen LogP contribution in [0.3, 0.4) is 0 Å². The van der Waals surface area contributed by atoms with Gasteiger partial charge in [-0.15, -0.1) is 0 Å². The summed E-state index contributed by atoms with van der Waals surface area (Å²) in [6, 6.07) is -1.59. The van der Waals surface area contributed by atoms with Gasteiger partial charge in [0.2, 0.25) is 0 Å². The van der Waals surface area contributed by atoms with Gasteiger partial charge in [-0.1, -0.05) is 13.8 Å². The Balaban J connectivity index is 4.31. The molecule has 6 nitrogen and oxygen atoms in total. The first-order chi connectivity index (χ1) is 7.52. The van der Waals surface area contributed by atoms with Crippen molar-refractivity contribution in [3.8, 4) is 0 Å². The number of hydrogen-bond acceptors (Lipinski definition) is 4. The number of aliphatic imine (C=N–C) groups is 2. The van der Waals surface area contributed by atoms with Crippen LogP contribution in [0.15, 0.2) is 9.98 Å². The molecule has 0 aliphatic carbocycles. The van der Waals surface area contributed by atoms with E-state index in [1.807, 2.05) is 0 Å². The number of nitrogens with zero attached hydrogens (tertiary/aromatic N) is 2. The van der Waals surface area contributed by atoms with Crippen molar-refractivity contribution in [2.75, 3.05) is 0 Å². The lowest BCUT2D eigenvalue weighted by molar-refractivity contribution is -0.139. The van der Waals surface area contributed by atoms with Gasteiger partial charge in [0.05, 0.1) is 0 Å². The van der Waals surface area contributed by atoms with Crippen LogP contribution in [0.2, 0.25) is 0 Å². The molecule has 0 radical (unpaired) electrons. The van der Waals surface area contributed by atoms with Crippen molar-refractivity contribution in [2.45, 2.75) is 38.8 Å². The van der Waals surface area contributed by atoms with Gasteiger partial charge in [-0.05, 0) is 12.8 Å². The van der Waals surface area contributed by atoms with Gasteiger partial charge in [0.1, 0.15) is 12.1 Å². The predicted molar refractivity (Wildman–Crippen MR) is 60.4 cm³/mol. The van der Waals surface area contributed by atoms with E-state index in [1.54, 1.807) is 13.8 Å². The number of carbonyl (C=O) groups is 2. The number of hydrogen-bond donors (Lipinski definition) is 2. The zero-order chi connectivity index (χ0) is 12.6.